The minimum absolute atomic E-state index is 0.109. The summed E-state index contributed by atoms with van der Waals surface area (Å²) in [7, 11) is 3.14. The summed E-state index contributed by atoms with van der Waals surface area (Å²) < 4.78 is 10.5. The molecule has 0 unspecified atom stereocenters. The number of hydrogen-bond donors (Lipinski definition) is 1. The lowest BCUT2D eigenvalue weighted by Crippen LogP contribution is -2.26. The second kappa shape index (κ2) is 10.0. The molecule has 0 radical (unpaired) electrons. The van der Waals surface area contributed by atoms with E-state index in [1.54, 1.807) is 32.4 Å². The Kier molecular flexibility index (Phi) is 7.18. The van der Waals surface area contributed by atoms with Crippen molar-refractivity contribution >= 4 is 11.6 Å². The molecule has 0 atom stereocenters. The molecule has 1 N–H and O–H groups in total. The molecule has 2 aromatic carbocycles. The molecule has 2 aromatic rings. The molecule has 3 rings (SSSR count). The van der Waals surface area contributed by atoms with E-state index >= 15 is 0 Å². The Balaban J connectivity index is 1.51. The Bertz CT molecular complexity index is 766. The zero-order valence-electron chi connectivity index (χ0n) is 16.9. The fourth-order valence-electron chi connectivity index (χ4n) is 3.60. The summed E-state index contributed by atoms with van der Waals surface area (Å²) >= 11 is 0. The van der Waals surface area contributed by atoms with Gasteiger partial charge < -0.3 is 19.7 Å². The highest BCUT2D eigenvalue weighted by Gasteiger charge is 2.11. The number of benzene rings is 2. The van der Waals surface area contributed by atoms with Crippen molar-refractivity contribution in [2.75, 3.05) is 38.8 Å². The summed E-state index contributed by atoms with van der Waals surface area (Å²) in [5.74, 6) is 1.06. The molecule has 1 aliphatic rings. The molecule has 28 heavy (non-hydrogen) atoms. The minimum atomic E-state index is -0.109. The summed E-state index contributed by atoms with van der Waals surface area (Å²) in [5, 5.41) is 2.98. The van der Waals surface area contributed by atoms with Crippen LogP contribution in [0, 0.1) is 0 Å². The van der Waals surface area contributed by atoms with Crippen molar-refractivity contribution in [2.45, 2.75) is 32.1 Å². The number of ether oxygens (including phenoxy) is 2. The molecule has 1 aliphatic heterocycles. The van der Waals surface area contributed by atoms with Gasteiger partial charge >= 0.3 is 0 Å². The Morgan fingerprint density at radius 2 is 1.61 bits per heavy atom. The summed E-state index contributed by atoms with van der Waals surface area (Å²) in [4.78, 5) is 14.9. The van der Waals surface area contributed by atoms with Gasteiger partial charge in [0.2, 0.25) is 0 Å². The van der Waals surface area contributed by atoms with Gasteiger partial charge in [0.25, 0.3) is 5.91 Å². The fraction of sp³-hybridized carbons (Fsp3) is 0.435. The predicted molar refractivity (Wildman–Crippen MR) is 113 cm³/mol. The summed E-state index contributed by atoms with van der Waals surface area (Å²) in [5.41, 5.74) is 3.10. The summed E-state index contributed by atoms with van der Waals surface area (Å²) in [6.45, 7) is 2.90. The standard InChI is InChI=1S/C23H30N2O3/c1-27-21-12-9-19(17-22(21)28-2)23(26)24-14-13-18-7-10-20(11-8-18)25-15-5-3-4-6-16-25/h7-12,17H,3-6,13-16H2,1-2H3,(H,24,26). The first-order chi connectivity index (χ1) is 13.7. The molecule has 150 valence electrons. The van der Waals surface area contributed by atoms with Crippen LogP contribution in [0.5, 0.6) is 11.5 Å². The highest BCUT2D eigenvalue weighted by Crippen LogP contribution is 2.27. The molecule has 5 heteroatoms. The average molecular weight is 383 g/mol. The molecular formula is C23H30N2O3. The minimum Gasteiger partial charge on any atom is -0.493 e. The maximum atomic E-state index is 12.4. The monoisotopic (exact) mass is 382 g/mol. The lowest BCUT2D eigenvalue weighted by atomic mass is 10.1. The van der Waals surface area contributed by atoms with E-state index in [9.17, 15) is 4.79 Å². The maximum Gasteiger partial charge on any atom is 0.251 e. The van der Waals surface area contributed by atoms with E-state index in [1.165, 1.54) is 36.9 Å². The van der Waals surface area contributed by atoms with E-state index in [0.29, 0.717) is 23.6 Å². The molecule has 1 heterocycles. The van der Waals surface area contributed by atoms with Gasteiger partial charge in [0.15, 0.2) is 11.5 Å². The lowest BCUT2D eigenvalue weighted by molar-refractivity contribution is 0.0953. The summed E-state index contributed by atoms with van der Waals surface area (Å²) in [6, 6.07) is 13.9. The van der Waals surface area contributed by atoms with Crippen LogP contribution in [0.2, 0.25) is 0 Å². The second-order valence-corrected chi connectivity index (χ2v) is 7.14. The van der Waals surface area contributed by atoms with Gasteiger partial charge in [0, 0.05) is 30.9 Å². The normalized spacial score (nSPS) is 14.3. The highest BCUT2D eigenvalue weighted by molar-refractivity contribution is 5.94. The number of amides is 1. The van der Waals surface area contributed by atoms with E-state index in [2.05, 4.69) is 34.5 Å². The van der Waals surface area contributed by atoms with Gasteiger partial charge in [-0.15, -0.1) is 0 Å². The number of nitrogens with one attached hydrogen (secondary N) is 1. The van der Waals surface area contributed by atoms with E-state index in [1.807, 2.05) is 0 Å². The largest absolute Gasteiger partial charge is 0.493 e. The number of carbonyl (C=O) groups is 1. The van der Waals surface area contributed by atoms with Gasteiger partial charge in [-0.25, -0.2) is 0 Å². The lowest BCUT2D eigenvalue weighted by Gasteiger charge is -2.22. The van der Waals surface area contributed by atoms with Crippen LogP contribution in [-0.2, 0) is 6.42 Å². The van der Waals surface area contributed by atoms with E-state index in [-0.39, 0.29) is 5.91 Å². The van der Waals surface area contributed by atoms with Crippen LogP contribution < -0.4 is 19.7 Å². The van der Waals surface area contributed by atoms with Crippen molar-refractivity contribution in [1.29, 1.82) is 0 Å². The van der Waals surface area contributed by atoms with Crippen molar-refractivity contribution in [3.05, 3.63) is 53.6 Å². The second-order valence-electron chi connectivity index (χ2n) is 7.14. The van der Waals surface area contributed by atoms with Crippen LogP contribution in [0.15, 0.2) is 42.5 Å². The third-order valence-electron chi connectivity index (χ3n) is 5.25. The molecule has 0 aliphatic carbocycles. The van der Waals surface area contributed by atoms with E-state index in [4.69, 9.17) is 9.47 Å². The topological polar surface area (TPSA) is 50.8 Å². The Labute approximate surface area is 167 Å². The zero-order chi connectivity index (χ0) is 19.8. The van der Waals surface area contributed by atoms with Gasteiger partial charge in [-0.1, -0.05) is 25.0 Å². The van der Waals surface area contributed by atoms with Crippen molar-refractivity contribution in [1.82, 2.24) is 5.32 Å². The van der Waals surface area contributed by atoms with Crippen molar-refractivity contribution in [3.63, 3.8) is 0 Å². The van der Waals surface area contributed by atoms with Gasteiger partial charge in [-0.05, 0) is 55.2 Å². The number of anilines is 1. The highest BCUT2D eigenvalue weighted by atomic mass is 16.5. The first-order valence-electron chi connectivity index (χ1n) is 10.1. The number of carbonyl (C=O) groups excluding carboxylic acids is 1. The third kappa shape index (κ3) is 5.18. The molecule has 0 saturated carbocycles. The molecule has 0 bridgehead atoms. The predicted octanol–water partition coefficient (Wildman–Crippen LogP) is 4.06. The molecule has 0 aromatic heterocycles. The molecule has 1 amide bonds. The number of hydrogen-bond acceptors (Lipinski definition) is 4. The Morgan fingerprint density at radius 1 is 0.929 bits per heavy atom. The summed E-state index contributed by atoms with van der Waals surface area (Å²) in [6.07, 6.45) is 6.05. The van der Waals surface area contributed by atoms with Crippen LogP contribution in [-0.4, -0.2) is 39.8 Å². The van der Waals surface area contributed by atoms with E-state index < -0.39 is 0 Å². The van der Waals surface area contributed by atoms with Crippen LogP contribution in [0.1, 0.15) is 41.6 Å². The quantitative estimate of drug-likeness (QED) is 0.785. The van der Waals surface area contributed by atoms with Crippen LogP contribution in [0.25, 0.3) is 0 Å². The van der Waals surface area contributed by atoms with E-state index in [0.717, 1.165) is 19.5 Å². The van der Waals surface area contributed by atoms with Crippen LogP contribution in [0.3, 0.4) is 0 Å². The molecule has 1 saturated heterocycles. The fourth-order valence-corrected chi connectivity index (χ4v) is 3.60. The van der Waals surface area contributed by atoms with Gasteiger partial charge in [-0.2, -0.15) is 0 Å². The first kappa shape index (κ1) is 20.1. The van der Waals surface area contributed by atoms with Gasteiger partial charge in [-0.3, -0.25) is 4.79 Å². The average Bonchev–Trinajstić information content (AvgIpc) is 3.03. The Hall–Kier alpha value is -2.69. The maximum absolute atomic E-state index is 12.4. The molecular weight excluding hydrogens is 352 g/mol. The van der Waals surface area contributed by atoms with Gasteiger partial charge in [0.05, 0.1) is 14.2 Å². The van der Waals surface area contributed by atoms with Crippen LogP contribution >= 0.6 is 0 Å². The van der Waals surface area contributed by atoms with Crippen LogP contribution in [0.4, 0.5) is 5.69 Å². The smallest absolute Gasteiger partial charge is 0.251 e. The molecule has 0 spiro atoms. The first-order valence-corrected chi connectivity index (χ1v) is 10.1. The number of methoxy groups -OCH3 is 2. The zero-order valence-corrected chi connectivity index (χ0v) is 16.9. The molecule has 1 fully saturated rings. The van der Waals surface area contributed by atoms with Gasteiger partial charge in [0.1, 0.15) is 0 Å². The number of rotatable bonds is 7. The van der Waals surface area contributed by atoms with Crippen molar-refractivity contribution in [3.8, 4) is 11.5 Å². The SMILES string of the molecule is COc1ccc(C(=O)NCCc2ccc(N3CCCCCC3)cc2)cc1OC. The molecule has 5 nitrogen and oxygen atoms in total. The van der Waals surface area contributed by atoms with Crippen molar-refractivity contribution < 1.29 is 14.3 Å². The Morgan fingerprint density at radius 3 is 2.25 bits per heavy atom. The number of nitrogens with zero attached hydrogens (tertiary/aromatic N) is 1. The third-order valence-corrected chi connectivity index (χ3v) is 5.25. The van der Waals surface area contributed by atoms with Crippen molar-refractivity contribution in [2.24, 2.45) is 0 Å².